The molecule has 1 aliphatic rings. The van der Waals surface area contributed by atoms with Crippen LogP contribution >= 0.6 is 23.1 Å². The van der Waals surface area contributed by atoms with Crippen molar-refractivity contribution in [2.45, 2.75) is 30.0 Å². The lowest BCUT2D eigenvalue weighted by Gasteiger charge is -2.25. The molecule has 0 spiro atoms. The Morgan fingerprint density at radius 1 is 1.33 bits per heavy atom. The van der Waals surface area contributed by atoms with E-state index in [4.69, 9.17) is 5.73 Å². The van der Waals surface area contributed by atoms with Gasteiger partial charge in [0.15, 0.2) is 4.34 Å². The number of nitrogens with zero attached hydrogens (tertiary/aromatic N) is 2. The molecule has 114 valence electrons. The number of hydrogen-bond donors (Lipinski definition) is 2. The van der Waals surface area contributed by atoms with Crippen LogP contribution in [0, 0.1) is 11.8 Å². The molecule has 1 aliphatic carbocycles. The van der Waals surface area contributed by atoms with E-state index in [1.807, 2.05) is 0 Å². The van der Waals surface area contributed by atoms with E-state index >= 15 is 0 Å². The summed E-state index contributed by atoms with van der Waals surface area (Å²) in [5, 5.41) is 11.3. The minimum Gasteiger partial charge on any atom is -0.369 e. The van der Waals surface area contributed by atoms with Gasteiger partial charge in [-0.3, -0.25) is 9.59 Å². The van der Waals surface area contributed by atoms with Gasteiger partial charge < -0.3 is 11.1 Å². The van der Waals surface area contributed by atoms with E-state index in [2.05, 4.69) is 22.1 Å². The molecule has 1 aromatic rings. The molecule has 2 amide bonds. The molecular weight excluding hydrogens is 308 g/mol. The maximum Gasteiger partial charge on any atom is 0.229 e. The van der Waals surface area contributed by atoms with Crippen LogP contribution in [0.25, 0.3) is 0 Å². The smallest absolute Gasteiger partial charge is 0.229 e. The standard InChI is InChI=1S/C13H18N4O2S2/c1-2-7-20-13-17-16-12(21-13)15-11(19)9-5-3-8(4-6-9)10(14)18/h2,8-9H,1,3-7H2,(H2,14,18)(H,15,16,19). The Bertz CT molecular complexity index is 524. The van der Waals surface area contributed by atoms with Gasteiger partial charge in [-0.15, -0.1) is 16.8 Å². The predicted molar refractivity (Wildman–Crippen MR) is 84.1 cm³/mol. The molecule has 3 N–H and O–H groups in total. The lowest BCUT2D eigenvalue weighted by Crippen LogP contribution is -2.32. The summed E-state index contributed by atoms with van der Waals surface area (Å²) < 4.78 is 0.808. The van der Waals surface area contributed by atoms with E-state index in [1.54, 1.807) is 6.08 Å². The number of amides is 2. The van der Waals surface area contributed by atoms with E-state index < -0.39 is 0 Å². The monoisotopic (exact) mass is 326 g/mol. The van der Waals surface area contributed by atoms with E-state index in [0.29, 0.717) is 30.8 Å². The van der Waals surface area contributed by atoms with Gasteiger partial charge in [-0.05, 0) is 25.7 Å². The van der Waals surface area contributed by atoms with Gasteiger partial charge in [0, 0.05) is 17.6 Å². The number of carbonyl (C=O) groups is 2. The fourth-order valence-electron chi connectivity index (χ4n) is 2.30. The third kappa shape index (κ3) is 4.53. The van der Waals surface area contributed by atoms with Gasteiger partial charge in [-0.25, -0.2) is 0 Å². The maximum atomic E-state index is 12.2. The molecule has 0 aromatic carbocycles. The number of thioether (sulfide) groups is 1. The van der Waals surface area contributed by atoms with Crippen molar-refractivity contribution in [1.82, 2.24) is 10.2 Å². The number of carbonyl (C=O) groups excluding carboxylic acids is 2. The molecule has 8 heteroatoms. The number of primary amides is 1. The third-order valence-corrected chi connectivity index (χ3v) is 5.43. The Kier molecular flexibility index (Phi) is 5.75. The fraction of sp³-hybridized carbons (Fsp3) is 0.538. The molecule has 0 atom stereocenters. The van der Waals surface area contributed by atoms with Gasteiger partial charge in [0.2, 0.25) is 16.9 Å². The van der Waals surface area contributed by atoms with E-state index in [-0.39, 0.29) is 23.7 Å². The van der Waals surface area contributed by atoms with E-state index in [1.165, 1.54) is 23.1 Å². The molecule has 6 nitrogen and oxygen atoms in total. The number of aromatic nitrogens is 2. The lowest BCUT2D eigenvalue weighted by molar-refractivity contribution is -0.126. The zero-order chi connectivity index (χ0) is 15.2. The van der Waals surface area contributed by atoms with Crippen LogP contribution in [0.15, 0.2) is 17.0 Å². The van der Waals surface area contributed by atoms with Gasteiger partial charge >= 0.3 is 0 Å². The van der Waals surface area contributed by atoms with Crippen LogP contribution in [0.3, 0.4) is 0 Å². The second-order valence-electron chi connectivity index (χ2n) is 4.91. The molecule has 1 aromatic heterocycles. The number of hydrogen-bond acceptors (Lipinski definition) is 6. The summed E-state index contributed by atoms with van der Waals surface area (Å²) in [5.74, 6) is 0.294. The Morgan fingerprint density at radius 2 is 2.00 bits per heavy atom. The van der Waals surface area contributed by atoms with Crippen molar-refractivity contribution in [2.75, 3.05) is 11.1 Å². The first-order valence-electron chi connectivity index (χ1n) is 6.77. The zero-order valence-corrected chi connectivity index (χ0v) is 13.2. The summed E-state index contributed by atoms with van der Waals surface area (Å²) in [5.41, 5.74) is 5.29. The molecule has 0 bridgehead atoms. The van der Waals surface area contributed by atoms with Crippen molar-refractivity contribution in [3.05, 3.63) is 12.7 Å². The van der Waals surface area contributed by atoms with E-state index in [0.717, 1.165) is 10.1 Å². The van der Waals surface area contributed by atoms with Crippen LogP contribution in [0.2, 0.25) is 0 Å². The number of rotatable bonds is 6. The average molecular weight is 326 g/mol. The Hall–Kier alpha value is -1.41. The van der Waals surface area contributed by atoms with Gasteiger partial charge in [-0.1, -0.05) is 29.2 Å². The third-order valence-electron chi connectivity index (χ3n) is 3.46. The van der Waals surface area contributed by atoms with Gasteiger partial charge in [0.1, 0.15) is 0 Å². The van der Waals surface area contributed by atoms with Crippen molar-refractivity contribution in [1.29, 1.82) is 0 Å². The molecule has 1 fully saturated rings. The van der Waals surface area contributed by atoms with Gasteiger partial charge in [0.05, 0.1) is 0 Å². The molecule has 0 aliphatic heterocycles. The first-order chi connectivity index (χ1) is 10.1. The second-order valence-corrected chi connectivity index (χ2v) is 7.16. The number of nitrogens with two attached hydrogens (primary N) is 1. The quantitative estimate of drug-likeness (QED) is 0.473. The predicted octanol–water partition coefficient (Wildman–Crippen LogP) is 2.05. The minimum atomic E-state index is -0.262. The van der Waals surface area contributed by atoms with Crippen molar-refractivity contribution < 1.29 is 9.59 Å². The Balaban J connectivity index is 1.83. The van der Waals surface area contributed by atoms with Crippen LogP contribution in [-0.4, -0.2) is 27.8 Å². The maximum absolute atomic E-state index is 12.2. The Labute approximate surface area is 131 Å². The van der Waals surface area contributed by atoms with Crippen LogP contribution < -0.4 is 11.1 Å². The first-order valence-corrected chi connectivity index (χ1v) is 8.57. The second kappa shape index (κ2) is 7.56. The summed E-state index contributed by atoms with van der Waals surface area (Å²) in [6.45, 7) is 3.64. The van der Waals surface area contributed by atoms with Crippen LogP contribution in [0.5, 0.6) is 0 Å². The molecule has 1 saturated carbocycles. The van der Waals surface area contributed by atoms with Crippen molar-refractivity contribution >= 4 is 40.0 Å². The summed E-state index contributed by atoms with van der Waals surface area (Å²) >= 11 is 2.89. The van der Waals surface area contributed by atoms with Crippen molar-refractivity contribution in [3.8, 4) is 0 Å². The highest BCUT2D eigenvalue weighted by Crippen LogP contribution is 2.30. The zero-order valence-electron chi connectivity index (χ0n) is 11.6. The highest BCUT2D eigenvalue weighted by atomic mass is 32.2. The van der Waals surface area contributed by atoms with Gasteiger partial charge in [0.25, 0.3) is 0 Å². The fourth-order valence-corrected chi connectivity index (χ4v) is 3.81. The molecule has 0 saturated heterocycles. The highest BCUT2D eigenvalue weighted by molar-refractivity contribution is 8.01. The summed E-state index contributed by atoms with van der Waals surface area (Å²) in [6, 6.07) is 0. The minimum absolute atomic E-state index is 0.0469. The summed E-state index contributed by atoms with van der Waals surface area (Å²) in [4.78, 5) is 23.3. The van der Waals surface area contributed by atoms with Gasteiger partial charge in [-0.2, -0.15) is 0 Å². The van der Waals surface area contributed by atoms with Crippen LogP contribution in [-0.2, 0) is 9.59 Å². The molecular formula is C13H18N4O2S2. The van der Waals surface area contributed by atoms with Crippen LogP contribution in [0.1, 0.15) is 25.7 Å². The van der Waals surface area contributed by atoms with E-state index in [9.17, 15) is 9.59 Å². The summed E-state index contributed by atoms with van der Waals surface area (Å²) in [7, 11) is 0. The summed E-state index contributed by atoms with van der Waals surface area (Å²) in [6.07, 6.45) is 4.54. The normalized spacial score (nSPS) is 21.7. The molecule has 0 radical (unpaired) electrons. The lowest BCUT2D eigenvalue weighted by atomic mass is 9.81. The first kappa shape index (κ1) is 16.0. The van der Waals surface area contributed by atoms with Crippen LogP contribution in [0.4, 0.5) is 5.13 Å². The van der Waals surface area contributed by atoms with Crippen molar-refractivity contribution in [2.24, 2.45) is 17.6 Å². The largest absolute Gasteiger partial charge is 0.369 e. The highest BCUT2D eigenvalue weighted by Gasteiger charge is 2.29. The SMILES string of the molecule is C=CCSc1nnc(NC(=O)C2CCC(C(N)=O)CC2)s1. The number of anilines is 1. The molecule has 2 rings (SSSR count). The molecule has 1 heterocycles. The van der Waals surface area contributed by atoms with Crippen molar-refractivity contribution in [3.63, 3.8) is 0 Å². The topological polar surface area (TPSA) is 98.0 Å². The number of nitrogens with one attached hydrogen (secondary N) is 1. The average Bonchev–Trinajstić information content (AvgIpc) is 2.92. The Morgan fingerprint density at radius 3 is 2.62 bits per heavy atom. The molecule has 21 heavy (non-hydrogen) atoms. The molecule has 0 unspecified atom stereocenters.